The fourth-order valence-corrected chi connectivity index (χ4v) is 3.97. The Hall–Kier alpha value is -3.17. The quantitative estimate of drug-likeness (QED) is 0.345. The third kappa shape index (κ3) is 4.47. The fourth-order valence-electron chi connectivity index (χ4n) is 2.98. The lowest BCUT2D eigenvalue weighted by Crippen LogP contribution is -1.95. The molecule has 160 valence electrons. The number of methoxy groups -OCH3 is 3. The van der Waals surface area contributed by atoms with Crippen LogP contribution in [0.2, 0.25) is 5.02 Å². The number of hydrogen-bond donors (Lipinski definition) is 0. The molecule has 10 heteroatoms. The van der Waals surface area contributed by atoms with Crippen LogP contribution in [0, 0.1) is 0 Å². The standard InChI is InChI=1S/C21H19ClN4O4S/c1-27-16-9-13(10-17(28-2)19(16)29-3)20-25-24-18(30-20)12-31-21-23-7-8-26(21)15-6-4-5-14(22)11-15/h4-11H,12H2,1-3H3. The Morgan fingerprint density at radius 3 is 2.48 bits per heavy atom. The lowest BCUT2D eigenvalue weighted by molar-refractivity contribution is 0.324. The third-order valence-corrected chi connectivity index (χ3v) is 5.58. The molecule has 8 nitrogen and oxygen atoms in total. The molecule has 4 rings (SSSR count). The zero-order valence-corrected chi connectivity index (χ0v) is 18.6. The normalized spacial score (nSPS) is 10.8. The SMILES string of the molecule is COc1cc(-c2nnc(CSc3nccn3-c3cccc(Cl)c3)o2)cc(OC)c1OC. The Morgan fingerprint density at radius 1 is 1.03 bits per heavy atom. The molecule has 0 atom stereocenters. The molecule has 2 aromatic heterocycles. The van der Waals surface area contributed by atoms with Crippen LogP contribution in [0.1, 0.15) is 5.89 Å². The maximum atomic E-state index is 6.11. The summed E-state index contributed by atoms with van der Waals surface area (Å²) in [6, 6.07) is 11.1. The minimum atomic E-state index is 0.355. The van der Waals surface area contributed by atoms with Crippen LogP contribution in [-0.2, 0) is 5.75 Å². The van der Waals surface area contributed by atoms with Crippen molar-refractivity contribution in [2.75, 3.05) is 21.3 Å². The molecule has 0 aliphatic carbocycles. The van der Waals surface area contributed by atoms with Crippen molar-refractivity contribution >= 4 is 23.4 Å². The summed E-state index contributed by atoms with van der Waals surface area (Å²) in [6.07, 6.45) is 3.61. The van der Waals surface area contributed by atoms with Gasteiger partial charge in [-0.25, -0.2) is 4.98 Å². The summed E-state index contributed by atoms with van der Waals surface area (Å²) >= 11 is 7.59. The van der Waals surface area contributed by atoms with Crippen molar-refractivity contribution in [1.29, 1.82) is 0 Å². The van der Waals surface area contributed by atoms with Crippen molar-refractivity contribution in [2.24, 2.45) is 0 Å². The average Bonchev–Trinajstić information content (AvgIpc) is 3.46. The second-order valence-corrected chi connectivity index (χ2v) is 7.64. The summed E-state index contributed by atoms with van der Waals surface area (Å²) < 4.78 is 23.9. The molecule has 0 amide bonds. The molecule has 0 spiro atoms. The Labute approximate surface area is 188 Å². The Kier molecular flexibility index (Phi) is 6.34. The number of rotatable bonds is 8. The number of benzene rings is 2. The predicted octanol–water partition coefficient (Wildman–Crippen LogP) is 4.89. The van der Waals surface area contributed by atoms with Crippen LogP contribution in [0.3, 0.4) is 0 Å². The lowest BCUT2D eigenvalue weighted by Gasteiger charge is -2.12. The largest absolute Gasteiger partial charge is 0.493 e. The van der Waals surface area contributed by atoms with E-state index in [1.165, 1.54) is 11.8 Å². The molecule has 0 saturated heterocycles. The first kappa shape index (κ1) is 21.1. The summed E-state index contributed by atoms with van der Waals surface area (Å²) in [5, 5.41) is 9.76. The van der Waals surface area contributed by atoms with Gasteiger partial charge in [-0.05, 0) is 30.3 Å². The summed E-state index contributed by atoms with van der Waals surface area (Å²) in [5.74, 6) is 2.79. The van der Waals surface area contributed by atoms with E-state index in [0.717, 1.165) is 10.8 Å². The highest BCUT2D eigenvalue weighted by Gasteiger charge is 2.18. The van der Waals surface area contributed by atoms with E-state index in [0.29, 0.717) is 45.4 Å². The first-order valence-electron chi connectivity index (χ1n) is 9.17. The molecule has 2 heterocycles. The first-order chi connectivity index (χ1) is 15.1. The smallest absolute Gasteiger partial charge is 0.248 e. The van der Waals surface area contributed by atoms with Gasteiger partial charge < -0.3 is 18.6 Å². The second-order valence-electron chi connectivity index (χ2n) is 6.26. The maximum Gasteiger partial charge on any atom is 0.248 e. The molecule has 2 aromatic carbocycles. The third-order valence-electron chi connectivity index (χ3n) is 4.40. The number of imidazole rings is 1. The van der Waals surface area contributed by atoms with Gasteiger partial charge in [-0.1, -0.05) is 29.4 Å². The van der Waals surface area contributed by atoms with Crippen LogP contribution < -0.4 is 14.2 Å². The van der Waals surface area contributed by atoms with Crippen molar-refractivity contribution in [3.05, 3.63) is 59.7 Å². The molecule has 0 N–H and O–H groups in total. The summed E-state index contributed by atoms with van der Waals surface area (Å²) in [4.78, 5) is 4.41. The van der Waals surface area contributed by atoms with Gasteiger partial charge in [-0.2, -0.15) is 0 Å². The minimum Gasteiger partial charge on any atom is -0.493 e. The zero-order valence-electron chi connectivity index (χ0n) is 17.0. The topological polar surface area (TPSA) is 84.4 Å². The highest BCUT2D eigenvalue weighted by atomic mass is 35.5. The Bertz CT molecular complexity index is 1170. The van der Waals surface area contributed by atoms with Crippen molar-refractivity contribution < 1.29 is 18.6 Å². The van der Waals surface area contributed by atoms with Crippen LogP contribution in [0.4, 0.5) is 0 Å². The van der Waals surface area contributed by atoms with E-state index in [9.17, 15) is 0 Å². The van der Waals surface area contributed by atoms with Crippen molar-refractivity contribution in [3.8, 4) is 34.4 Å². The first-order valence-corrected chi connectivity index (χ1v) is 10.5. The van der Waals surface area contributed by atoms with Crippen LogP contribution >= 0.6 is 23.4 Å². The highest BCUT2D eigenvalue weighted by molar-refractivity contribution is 7.98. The van der Waals surface area contributed by atoms with Crippen LogP contribution in [0.5, 0.6) is 17.2 Å². The van der Waals surface area contributed by atoms with E-state index in [-0.39, 0.29) is 0 Å². The number of nitrogens with zero attached hydrogens (tertiary/aromatic N) is 4. The molecule has 0 bridgehead atoms. The average molecular weight is 459 g/mol. The van der Waals surface area contributed by atoms with Gasteiger partial charge in [0, 0.05) is 28.7 Å². The zero-order chi connectivity index (χ0) is 21.8. The van der Waals surface area contributed by atoms with Gasteiger partial charge in [-0.15, -0.1) is 10.2 Å². The summed E-state index contributed by atoms with van der Waals surface area (Å²) in [5.41, 5.74) is 1.59. The minimum absolute atomic E-state index is 0.355. The van der Waals surface area contributed by atoms with Gasteiger partial charge in [-0.3, -0.25) is 4.57 Å². The summed E-state index contributed by atoms with van der Waals surface area (Å²) in [7, 11) is 4.66. The molecule has 0 aliphatic heterocycles. The van der Waals surface area contributed by atoms with E-state index in [1.54, 1.807) is 39.7 Å². The molecular formula is C21H19ClN4O4S. The van der Waals surface area contributed by atoms with Gasteiger partial charge in [0.15, 0.2) is 16.7 Å². The van der Waals surface area contributed by atoms with Gasteiger partial charge in [0.2, 0.25) is 17.5 Å². The van der Waals surface area contributed by atoms with Gasteiger partial charge in [0.05, 0.1) is 27.1 Å². The molecule has 0 unspecified atom stereocenters. The second kappa shape index (κ2) is 9.32. The van der Waals surface area contributed by atoms with Crippen molar-refractivity contribution in [2.45, 2.75) is 10.9 Å². The van der Waals surface area contributed by atoms with E-state index < -0.39 is 0 Å². The van der Waals surface area contributed by atoms with E-state index in [4.69, 9.17) is 30.2 Å². The van der Waals surface area contributed by atoms with E-state index in [2.05, 4.69) is 15.2 Å². The lowest BCUT2D eigenvalue weighted by atomic mass is 10.2. The number of hydrogen-bond acceptors (Lipinski definition) is 8. The van der Waals surface area contributed by atoms with E-state index >= 15 is 0 Å². The van der Waals surface area contributed by atoms with Crippen LogP contribution in [0.25, 0.3) is 17.1 Å². The molecule has 4 aromatic rings. The highest BCUT2D eigenvalue weighted by Crippen LogP contribution is 2.41. The number of halogens is 1. The van der Waals surface area contributed by atoms with E-state index in [1.807, 2.05) is 35.0 Å². The predicted molar refractivity (Wildman–Crippen MR) is 118 cm³/mol. The molecule has 0 aliphatic rings. The monoisotopic (exact) mass is 458 g/mol. The molecule has 0 fully saturated rings. The van der Waals surface area contributed by atoms with Gasteiger partial charge in [0.25, 0.3) is 0 Å². The molecule has 31 heavy (non-hydrogen) atoms. The fraction of sp³-hybridized carbons (Fsp3) is 0.190. The molecular weight excluding hydrogens is 440 g/mol. The summed E-state index contributed by atoms with van der Waals surface area (Å²) in [6.45, 7) is 0. The van der Waals surface area contributed by atoms with Gasteiger partial charge in [0.1, 0.15) is 0 Å². The number of thioether (sulfide) groups is 1. The number of ether oxygens (including phenoxy) is 3. The Balaban J connectivity index is 1.53. The van der Waals surface area contributed by atoms with Crippen molar-refractivity contribution in [1.82, 2.24) is 19.7 Å². The van der Waals surface area contributed by atoms with Gasteiger partial charge >= 0.3 is 0 Å². The number of aromatic nitrogens is 4. The van der Waals surface area contributed by atoms with Crippen molar-refractivity contribution in [3.63, 3.8) is 0 Å². The maximum absolute atomic E-state index is 6.11. The van der Waals surface area contributed by atoms with Crippen LogP contribution in [0.15, 0.2) is 58.4 Å². The molecule has 0 radical (unpaired) electrons. The van der Waals surface area contributed by atoms with Crippen LogP contribution in [-0.4, -0.2) is 41.1 Å². The molecule has 0 saturated carbocycles. The Morgan fingerprint density at radius 2 is 1.81 bits per heavy atom.